The van der Waals surface area contributed by atoms with Crippen LogP contribution < -0.4 is 5.30 Å². The van der Waals surface area contributed by atoms with Gasteiger partial charge < -0.3 is 4.57 Å². The van der Waals surface area contributed by atoms with Gasteiger partial charge in [-0.2, -0.15) is 0 Å². The van der Waals surface area contributed by atoms with E-state index in [0.29, 0.717) is 0 Å². The second kappa shape index (κ2) is 4.67. The zero-order valence-corrected chi connectivity index (χ0v) is 10.2. The molecule has 1 unspecified atom stereocenters. The molecular formula is C14H15OP. The highest BCUT2D eigenvalue weighted by molar-refractivity contribution is 7.75. The minimum atomic E-state index is -2.43. The van der Waals surface area contributed by atoms with Crippen molar-refractivity contribution in [3.8, 4) is 0 Å². The van der Waals surface area contributed by atoms with Gasteiger partial charge in [-0.3, -0.25) is 0 Å². The molecule has 0 bridgehead atoms. The largest absolute Gasteiger partial charge is 0.314 e. The van der Waals surface area contributed by atoms with Crippen LogP contribution in [0.1, 0.15) is 6.42 Å². The van der Waals surface area contributed by atoms with E-state index in [-0.39, 0.29) is 0 Å². The molecule has 16 heavy (non-hydrogen) atoms. The van der Waals surface area contributed by atoms with Crippen LogP contribution in [-0.2, 0) is 4.57 Å². The molecule has 1 aliphatic rings. The maximum absolute atomic E-state index is 12.8. The lowest BCUT2D eigenvalue weighted by atomic mass is 10.4. The first-order valence-corrected chi connectivity index (χ1v) is 7.54. The van der Waals surface area contributed by atoms with Gasteiger partial charge in [0.1, 0.15) is 7.14 Å². The van der Waals surface area contributed by atoms with Crippen LogP contribution in [0.5, 0.6) is 0 Å². The molecule has 0 heterocycles. The molecule has 0 amide bonds. The van der Waals surface area contributed by atoms with Crippen molar-refractivity contribution in [3.05, 3.63) is 66.0 Å². The van der Waals surface area contributed by atoms with E-state index in [2.05, 4.69) is 12.2 Å². The topological polar surface area (TPSA) is 17.1 Å². The molecule has 0 N–H and O–H groups in total. The summed E-state index contributed by atoms with van der Waals surface area (Å²) in [5, 5.41) is 1.84. The van der Waals surface area contributed by atoms with Gasteiger partial charge in [-0.1, -0.05) is 60.7 Å². The summed E-state index contributed by atoms with van der Waals surface area (Å²) in [4.78, 5) is 0. The van der Waals surface area contributed by atoms with Crippen molar-refractivity contribution in [2.75, 3.05) is 6.66 Å². The van der Waals surface area contributed by atoms with Crippen LogP contribution in [-0.4, -0.2) is 6.66 Å². The van der Waals surface area contributed by atoms with E-state index in [1.165, 1.54) is 0 Å². The Morgan fingerprint density at radius 2 is 1.88 bits per heavy atom. The monoisotopic (exact) mass is 230 g/mol. The van der Waals surface area contributed by atoms with Gasteiger partial charge >= 0.3 is 0 Å². The Hall–Kier alpha value is -1.33. The van der Waals surface area contributed by atoms with Gasteiger partial charge in [0.15, 0.2) is 0 Å². The molecule has 82 valence electrons. The molecule has 0 aromatic heterocycles. The standard InChI is InChI=1S/C14H15OP/c1-16(15,14-11-7-4-8-12-14)13-9-5-2-3-6-10-13/h2,4-12H,3H2,1H3. The Balaban J connectivity index is 2.43. The Morgan fingerprint density at radius 3 is 2.62 bits per heavy atom. The molecule has 0 radical (unpaired) electrons. The van der Waals surface area contributed by atoms with Crippen LogP contribution in [0.25, 0.3) is 0 Å². The van der Waals surface area contributed by atoms with Crippen LogP contribution in [0.2, 0.25) is 0 Å². The van der Waals surface area contributed by atoms with Gasteiger partial charge in [-0.25, -0.2) is 0 Å². The zero-order valence-electron chi connectivity index (χ0n) is 9.34. The molecule has 0 fully saturated rings. The lowest BCUT2D eigenvalue weighted by Gasteiger charge is -2.14. The maximum Gasteiger partial charge on any atom is 0.140 e. The fourth-order valence-corrected chi connectivity index (χ4v) is 3.51. The van der Waals surface area contributed by atoms with Crippen molar-refractivity contribution in [3.63, 3.8) is 0 Å². The minimum Gasteiger partial charge on any atom is -0.314 e. The van der Waals surface area contributed by atoms with E-state index >= 15 is 0 Å². The van der Waals surface area contributed by atoms with Crippen LogP contribution in [0, 0.1) is 0 Å². The molecule has 0 spiro atoms. The summed E-state index contributed by atoms with van der Waals surface area (Å²) in [6.45, 7) is 1.83. The molecular weight excluding hydrogens is 215 g/mol. The fraction of sp³-hybridized carbons (Fsp3) is 0.143. The Bertz CT molecular complexity index is 495. The second-order valence-electron chi connectivity index (χ2n) is 3.92. The van der Waals surface area contributed by atoms with Gasteiger partial charge in [-0.15, -0.1) is 0 Å². The molecule has 0 aliphatic heterocycles. The summed E-state index contributed by atoms with van der Waals surface area (Å²) < 4.78 is 12.8. The smallest absolute Gasteiger partial charge is 0.140 e. The van der Waals surface area contributed by atoms with Gasteiger partial charge in [0, 0.05) is 10.6 Å². The summed E-state index contributed by atoms with van der Waals surface area (Å²) in [5.41, 5.74) is 0. The maximum atomic E-state index is 12.8. The SMILES string of the molecule is CP(=O)(C1=CC=CCC=C1)c1ccccc1. The average molecular weight is 230 g/mol. The molecule has 1 atom stereocenters. The lowest BCUT2D eigenvalue weighted by molar-refractivity contribution is 0.589. The molecule has 0 saturated heterocycles. The van der Waals surface area contributed by atoms with Crippen molar-refractivity contribution in [1.82, 2.24) is 0 Å². The first kappa shape index (κ1) is 11.2. The minimum absolute atomic E-state index is 0.911. The van der Waals surface area contributed by atoms with E-state index in [0.717, 1.165) is 17.0 Å². The molecule has 2 heteroatoms. The molecule has 1 nitrogen and oxygen atoms in total. The van der Waals surface area contributed by atoms with Crippen LogP contribution in [0.3, 0.4) is 0 Å². The van der Waals surface area contributed by atoms with Gasteiger partial charge in [0.05, 0.1) is 0 Å². The van der Waals surface area contributed by atoms with Crippen LogP contribution >= 0.6 is 7.14 Å². The number of benzene rings is 1. The lowest BCUT2D eigenvalue weighted by Crippen LogP contribution is -2.03. The predicted molar refractivity (Wildman–Crippen MR) is 70.6 cm³/mol. The van der Waals surface area contributed by atoms with E-state index in [1.807, 2.05) is 55.2 Å². The number of rotatable bonds is 2. The summed E-state index contributed by atoms with van der Waals surface area (Å²) >= 11 is 0. The van der Waals surface area contributed by atoms with E-state index in [4.69, 9.17) is 0 Å². The molecule has 1 aromatic carbocycles. The molecule has 0 saturated carbocycles. The van der Waals surface area contributed by atoms with E-state index in [1.54, 1.807) is 0 Å². The molecule has 2 rings (SSSR count). The van der Waals surface area contributed by atoms with Gasteiger partial charge in [0.25, 0.3) is 0 Å². The van der Waals surface area contributed by atoms with E-state index in [9.17, 15) is 4.57 Å². The quantitative estimate of drug-likeness (QED) is 0.708. The number of hydrogen-bond acceptors (Lipinski definition) is 1. The Morgan fingerprint density at radius 1 is 1.12 bits per heavy atom. The van der Waals surface area contributed by atoms with Crippen molar-refractivity contribution < 1.29 is 4.57 Å². The highest BCUT2D eigenvalue weighted by Crippen LogP contribution is 2.49. The van der Waals surface area contributed by atoms with Crippen molar-refractivity contribution in [2.24, 2.45) is 0 Å². The summed E-state index contributed by atoms with van der Waals surface area (Å²) in [6.07, 6.45) is 10.9. The van der Waals surface area contributed by atoms with Crippen LogP contribution in [0.4, 0.5) is 0 Å². The second-order valence-corrected chi connectivity index (χ2v) is 6.80. The molecule has 1 aromatic rings. The summed E-state index contributed by atoms with van der Waals surface area (Å²) in [7, 11) is -2.43. The molecule has 1 aliphatic carbocycles. The number of allylic oxidation sites excluding steroid dienone is 6. The Labute approximate surface area is 96.6 Å². The van der Waals surface area contributed by atoms with Crippen molar-refractivity contribution in [1.29, 1.82) is 0 Å². The zero-order chi connectivity index (χ0) is 11.4. The predicted octanol–water partition coefficient (Wildman–Crippen LogP) is 3.70. The highest BCUT2D eigenvalue weighted by atomic mass is 31.2. The normalized spacial score (nSPS) is 18.7. The Kier molecular flexibility index (Phi) is 3.26. The van der Waals surface area contributed by atoms with Crippen LogP contribution in [0.15, 0.2) is 66.0 Å². The van der Waals surface area contributed by atoms with E-state index < -0.39 is 7.14 Å². The van der Waals surface area contributed by atoms with Gasteiger partial charge in [-0.05, 0) is 13.1 Å². The van der Waals surface area contributed by atoms with Gasteiger partial charge in [0.2, 0.25) is 0 Å². The van der Waals surface area contributed by atoms with Crippen molar-refractivity contribution >= 4 is 12.4 Å². The fourth-order valence-electron chi connectivity index (χ4n) is 1.71. The first-order chi connectivity index (χ1) is 7.71. The summed E-state index contributed by atoms with van der Waals surface area (Å²) in [5.74, 6) is 0. The highest BCUT2D eigenvalue weighted by Gasteiger charge is 2.21. The third-order valence-corrected chi connectivity index (χ3v) is 5.27. The first-order valence-electron chi connectivity index (χ1n) is 5.38. The summed E-state index contributed by atoms with van der Waals surface area (Å²) in [6, 6.07) is 9.68. The average Bonchev–Trinajstić information content (AvgIpc) is 2.59. The van der Waals surface area contributed by atoms with Crippen molar-refractivity contribution in [2.45, 2.75) is 6.42 Å². The third kappa shape index (κ3) is 2.25. The third-order valence-electron chi connectivity index (χ3n) is 2.71. The number of hydrogen-bond donors (Lipinski definition) is 0.